The number of anilines is 1. The minimum absolute atomic E-state index is 0.0507. The Kier molecular flexibility index (Phi) is 6.52. The SMILES string of the molecule is COc1ccc(S(=O)(=O)N[C@@H](Cc2ccccc2)C(=O)Nc2ccc3c(c2)OCO3)cc1C. The molecule has 1 aliphatic heterocycles. The number of carbonyl (C=O) groups excluding carboxylic acids is 1. The molecule has 0 aromatic heterocycles. The highest BCUT2D eigenvalue weighted by Gasteiger charge is 2.27. The minimum atomic E-state index is -3.99. The van der Waals surface area contributed by atoms with Crippen molar-refractivity contribution in [2.75, 3.05) is 19.2 Å². The van der Waals surface area contributed by atoms with Gasteiger partial charge in [-0.2, -0.15) is 4.72 Å². The van der Waals surface area contributed by atoms with Gasteiger partial charge in [0.15, 0.2) is 11.5 Å². The van der Waals surface area contributed by atoms with Gasteiger partial charge in [0.25, 0.3) is 0 Å². The largest absolute Gasteiger partial charge is 0.496 e. The quantitative estimate of drug-likeness (QED) is 0.526. The first-order valence-corrected chi connectivity index (χ1v) is 11.8. The highest BCUT2D eigenvalue weighted by Crippen LogP contribution is 2.34. The van der Waals surface area contributed by atoms with Crippen LogP contribution in [0.2, 0.25) is 0 Å². The van der Waals surface area contributed by atoms with E-state index in [1.54, 1.807) is 31.2 Å². The maximum atomic E-state index is 13.2. The van der Waals surface area contributed by atoms with Crippen molar-refractivity contribution < 1.29 is 27.4 Å². The van der Waals surface area contributed by atoms with Crippen LogP contribution in [0.1, 0.15) is 11.1 Å². The molecule has 0 spiro atoms. The average Bonchev–Trinajstić information content (AvgIpc) is 3.27. The van der Waals surface area contributed by atoms with Gasteiger partial charge in [0.2, 0.25) is 22.7 Å². The van der Waals surface area contributed by atoms with Crippen LogP contribution in [0.4, 0.5) is 5.69 Å². The molecule has 0 saturated heterocycles. The molecule has 1 atom stereocenters. The fourth-order valence-corrected chi connectivity index (χ4v) is 4.79. The van der Waals surface area contributed by atoms with E-state index in [1.807, 2.05) is 30.3 Å². The molecule has 33 heavy (non-hydrogen) atoms. The van der Waals surface area contributed by atoms with E-state index in [9.17, 15) is 13.2 Å². The topological polar surface area (TPSA) is 103 Å². The first-order valence-electron chi connectivity index (χ1n) is 10.3. The monoisotopic (exact) mass is 468 g/mol. The van der Waals surface area contributed by atoms with Gasteiger partial charge in [-0.05, 0) is 54.8 Å². The summed E-state index contributed by atoms with van der Waals surface area (Å²) < 4.78 is 44.7. The van der Waals surface area contributed by atoms with Gasteiger partial charge in [0, 0.05) is 11.8 Å². The number of aryl methyl sites for hydroxylation is 1. The van der Waals surface area contributed by atoms with Crippen LogP contribution in [0.15, 0.2) is 71.6 Å². The summed E-state index contributed by atoms with van der Waals surface area (Å²) in [5, 5.41) is 2.77. The van der Waals surface area contributed by atoms with Crippen LogP contribution in [0.3, 0.4) is 0 Å². The zero-order chi connectivity index (χ0) is 23.4. The van der Waals surface area contributed by atoms with Gasteiger partial charge in [-0.15, -0.1) is 0 Å². The summed E-state index contributed by atoms with van der Waals surface area (Å²) in [6.07, 6.45) is 0.172. The summed E-state index contributed by atoms with van der Waals surface area (Å²) in [6, 6.07) is 17.7. The number of nitrogens with one attached hydrogen (secondary N) is 2. The van der Waals surface area contributed by atoms with Crippen LogP contribution in [0, 0.1) is 6.92 Å². The maximum Gasteiger partial charge on any atom is 0.242 e. The molecule has 0 unspecified atom stereocenters. The van der Waals surface area contributed by atoms with E-state index in [4.69, 9.17) is 14.2 Å². The molecule has 0 aliphatic carbocycles. The Hall–Kier alpha value is -3.56. The third-order valence-electron chi connectivity index (χ3n) is 5.21. The Morgan fingerprint density at radius 2 is 1.79 bits per heavy atom. The van der Waals surface area contributed by atoms with Crippen molar-refractivity contribution in [2.45, 2.75) is 24.3 Å². The molecule has 0 bridgehead atoms. The molecular weight excluding hydrogens is 444 g/mol. The van der Waals surface area contributed by atoms with Crippen molar-refractivity contribution in [3.8, 4) is 17.2 Å². The average molecular weight is 469 g/mol. The zero-order valence-corrected chi connectivity index (χ0v) is 19.0. The lowest BCUT2D eigenvalue weighted by Crippen LogP contribution is -2.45. The van der Waals surface area contributed by atoms with Crippen LogP contribution in [0.25, 0.3) is 0 Å². The summed E-state index contributed by atoms with van der Waals surface area (Å²) in [5.41, 5.74) is 1.96. The predicted molar refractivity (Wildman–Crippen MR) is 123 cm³/mol. The van der Waals surface area contributed by atoms with E-state index in [0.29, 0.717) is 28.5 Å². The van der Waals surface area contributed by atoms with Gasteiger partial charge in [-0.1, -0.05) is 30.3 Å². The number of carbonyl (C=O) groups is 1. The Morgan fingerprint density at radius 1 is 1.03 bits per heavy atom. The zero-order valence-electron chi connectivity index (χ0n) is 18.2. The molecule has 4 rings (SSSR count). The molecule has 8 nitrogen and oxygen atoms in total. The molecule has 0 saturated carbocycles. The van der Waals surface area contributed by atoms with E-state index in [-0.39, 0.29) is 18.1 Å². The molecule has 1 aliphatic rings. The second kappa shape index (κ2) is 9.51. The molecule has 9 heteroatoms. The molecule has 3 aromatic carbocycles. The summed E-state index contributed by atoms with van der Waals surface area (Å²) in [7, 11) is -2.47. The lowest BCUT2D eigenvalue weighted by Gasteiger charge is -2.19. The summed E-state index contributed by atoms with van der Waals surface area (Å²) in [5.74, 6) is 1.19. The molecule has 3 aromatic rings. The lowest BCUT2D eigenvalue weighted by atomic mass is 10.1. The standard InChI is InChI=1S/C24H24N2O6S/c1-16-12-19(9-11-21(16)30-2)33(28,29)26-20(13-17-6-4-3-5-7-17)24(27)25-18-8-10-22-23(14-18)32-15-31-22/h3-12,14,20,26H,13,15H2,1-2H3,(H,25,27)/t20-/m0/s1. The summed E-state index contributed by atoms with van der Waals surface area (Å²) in [4.78, 5) is 13.2. The van der Waals surface area contributed by atoms with E-state index in [0.717, 1.165) is 5.56 Å². The van der Waals surface area contributed by atoms with Gasteiger partial charge in [-0.25, -0.2) is 8.42 Å². The Balaban J connectivity index is 1.58. The van der Waals surface area contributed by atoms with Gasteiger partial charge < -0.3 is 19.5 Å². The van der Waals surface area contributed by atoms with Gasteiger partial charge >= 0.3 is 0 Å². The van der Waals surface area contributed by atoms with Gasteiger partial charge in [0.05, 0.1) is 12.0 Å². The van der Waals surface area contributed by atoms with E-state index in [1.165, 1.54) is 19.2 Å². The van der Waals surface area contributed by atoms with Crippen LogP contribution in [-0.4, -0.2) is 34.3 Å². The third kappa shape index (κ3) is 5.27. The fraction of sp³-hybridized carbons (Fsp3) is 0.208. The number of amides is 1. The highest BCUT2D eigenvalue weighted by molar-refractivity contribution is 7.89. The van der Waals surface area contributed by atoms with Crippen LogP contribution < -0.4 is 24.2 Å². The maximum absolute atomic E-state index is 13.2. The van der Waals surface area contributed by atoms with Crippen molar-refractivity contribution in [1.29, 1.82) is 0 Å². The number of sulfonamides is 1. The first-order chi connectivity index (χ1) is 15.9. The summed E-state index contributed by atoms with van der Waals surface area (Å²) >= 11 is 0. The Morgan fingerprint density at radius 3 is 2.52 bits per heavy atom. The molecular formula is C24H24N2O6S. The van der Waals surface area contributed by atoms with Crippen molar-refractivity contribution in [2.24, 2.45) is 0 Å². The number of benzene rings is 3. The van der Waals surface area contributed by atoms with E-state index in [2.05, 4.69) is 10.0 Å². The molecule has 2 N–H and O–H groups in total. The number of ether oxygens (including phenoxy) is 3. The van der Waals surface area contributed by atoms with Gasteiger partial charge in [0.1, 0.15) is 11.8 Å². The first kappa shape index (κ1) is 22.6. The molecule has 1 heterocycles. The molecule has 172 valence electrons. The van der Waals surface area contributed by atoms with Crippen molar-refractivity contribution >= 4 is 21.6 Å². The second-order valence-corrected chi connectivity index (χ2v) is 9.27. The highest BCUT2D eigenvalue weighted by atomic mass is 32.2. The van der Waals surface area contributed by atoms with Crippen molar-refractivity contribution in [3.05, 3.63) is 77.9 Å². The lowest BCUT2D eigenvalue weighted by molar-refractivity contribution is -0.117. The molecule has 0 radical (unpaired) electrons. The van der Waals surface area contributed by atoms with Crippen molar-refractivity contribution in [3.63, 3.8) is 0 Å². The van der Waals surface area contributed by atoms with Crippen LogP contribution >= 0.6 is 0 Å². The smallest absolute Gasteiger partial charge is 0.242 e. The normalized spacial score (nSPS) is 13.4. The second-order valence-electron chi connectivity index (χ2n) is 7.55. The number of fused-ring (bicyclic) bond motifs is 1. The summed E-state index contributed by atoms with van der Waals surface area (Å²) in [6.45, 7) is 1.87. The Bertz CT molecular complexity index is 1260. The number of methoxy groups -OCH3 is 1. The molecule has 0 fully saturated rings. The van der Waals surface area contributed by atoms with Crippen molar-refractivity contribution in [1.82, 2.24) is 4.72 Å². The van der Waals surface area contributed by atoms with Crippen LogP contribution in [-0.2, 0) is 21.2 Å². The van der Waals surface area contributed by atoms with E-state index >= 15 is 0 Å². The Labute approximate surface area is 192 Å². The number of hydrogen-bond acceptors (Lipinski definition) is 6. The predicted octanol–water partition coefficient (Wildman–Crippen LogP) is 3.26. The number of rotatable bonds is 8. The third-order valence-corrected chi connectivity index (χ3v) is 6.68. The van der Waals surface area contributed by atoms with E-state index < -0.39 is 22.0 Å². The molecule has 1 amide bonds. The van der Waals surface area contributed by atoms with Gasteiger partial charge in [-0.3, -0.25) is 4.79 Å². The van der Waals surface area contributed by atoms with Crippen LogP contribution in [0.5, 0.6) is 17.2 Å². The minimum Gasteiger partial charge on any atom is -0.496 e. The fourth-order valence-electron chi connectivity index (χ4n) is 3.51. The number of hydrogen-bond donors (Lipinski definition) is 2.